The molecular weight excluding hydrogens is 281 g/mol. The van der Waals surface area contributed by atoms with Gasteiger partial charge in [0, 0.05) is 6.04 Å². The summed E-state index contributed by atoms with van der Waals surface area (Å²) in [5.74, 6) is 0.0620. The average Bonchev–Trinajstić information content (AvgIpc) is 2.34. The van der Waals surface area contributed by atoms with Gasteiger partial charge in [-0.25, -0.2) is 0 Å². The van der Waals surface area contributed by atoms with Crippen molar-refractivity contribution in [2.45, 2.75) is 38.6 Å². The first-order valence-electron chi connectivity index (χ1n) is 6.10. The number of rotatable bonds is 7. The number of nitrogens with one attached hydrogen (secondary N) is 1. The van der Waals surface area contributed by atoms with E-state index in [-0.39, 0.29) is 11.8 Å². The third-order valence-corrected chi connectivity index (χ3v) is 2.67. The topological polar surface area (TPSA) is 21.3 Å². The Morgan fingerprint density at radius 1 is 1.15 bits per heavy atom. The second-order valence-electron chi connectivity index (χ2n) is 4.46. The Labute approximate surface area is 113 Å². The molecule has 0 fully saturated rings. The van der Waals surface area contributed by atoms with Crippen LogP contribution in [0.3, 0.4) is 0 Å². The summed E-state index contributed by atoms with van der Waals surface area (Å²) in [6.07, 6.45) is -3.14. The Bertz CT molecular complexity index is 391. The predicted molar refractivity (Wildman–Crippen MR) is 64.9 cm³/mol. The van der Waals surface area contributed by atoms with Gasteiger partial charge in [-0.3, -0.25) is 0 Å². The number of benzene rings is 1. The van der Waals surface area contributed by atoms with Crippen molar-refractivity contribution in [2.24, 2.45) is 0 Å². The lowest BCUT2D eigenvalue weighted by Gasteiger charge is -2.15. The first-order valence-corrected chi connectivity index (χ1v) is 6.10. The van der Waals surface area contributed by atoms with Crippen molar-refractivity contribution in [3.8, 4) is 5.75 Å². The van der Waals surface area contributed by atoms with Crippen LogP contribution in [0.2, 0.25) is 0 Å². The highest BCUT2D eigenvalue weighted by atomic mass is 19.4. The highest BCUT2D eigenvalue weighted by Gasteiger charge is 2.27. The monoisotopic (exact) mass is 297 g/mol. The van der Waals surface area contributed by atoms with Crippen LogP contribution < -0.4 is 10.1 Å². The van der Waals surface area contributed by atoms with Crippen LogP contribution in [0.4, 0.5) is 22.0 Å². The van der Waals surface area contributed by atoms with E-state index in [4.69, 9.17) is 0 Å². The molecule has 0 heterocycles. The zero-order chi connectivity index (χ0) is 15.2. The van der Waals surface area contributed by atoms with Gasteiger partial charge in [0.05, 0.1) is 6.54 Å². The third-order valence-electron chi connectivity index (χ3n) is 2.67. The molecule has 0 amide bonds. The van der Waals surface area contributed by atoms with Crippen molar-refractivity contribution < 1.29 is 26.7 Å². The van der Waals surface area contributed by atoms with E-state index in [0.29, 0.717) is 12.8 Å². The minimum absolute atomic E-state index is 0.0620. The van der Waals surface area contributed by atoms with E-state index in [1.165, 1.54) is 12.1 Å². The van der Waals surface area contributed by atoms with Crippen LogP contribution >= 0.6 is 0 Å². The molecule has 0 spiro atoms. The van der Waals surface area contributed by atoms with E-state index in [2.05, 4.69) is 10.1 Å². The van der Waals surface area contributed by atoms with Crippen molar-refractivity contribution in [2.75, 3.05) is 6.54 Å². The van der Waals surface area contributed by atoms with Gasteiger partial charge in [-0.05, 0) is 37.5 Å². The molecule has 0 bridgehead atoms. The molecule has 2 nitrogen and oxygen atoms in total. The van der Waals surface area contributed by atoms with Crippen molar-refractivity contribution >= 4 is 0 Å². The molecule has 0 aromatic heterocycles. The minimum Gasteiger partial charge on any atom is -0.435 e. The first kappa shape index (κ1) is 16.7. The summed E-state index contributed by atoms with van der Waals surface area (Å²) in [5.41, 5.74) is 0.854. The van der Waals surface area contributed by atoms with Crippen LogP contribution in [-0.4, -0.2) is 25.4 Å². The van der Waals surface area contributed by atoms with Crippen molar-refractivity contribution in [1.82, 2.24) is 5.32 Å². The Hall–Kier alpha value is -1.37. The van der Waals surface area contributed by atoms with Gasteiger partial charge < -0.3 is 10.1 Å². The standard InChI is InChI=1S/C13H16F5NO/c1-9(19-8-13(16,17)18)2-3-10-4-6-11(7-5-10)20-12(14)15/h4-7,9,12,19H,2-3,8H2,1H3. The Kier molecular flexibility index (Phi) is 6.19. The lowest BCUT2D eigenvalue weighted by molar-refractivity contribution is -0.126. The van der Waals surface area contributed by atoms with Gasteiger partial charge in [0.2, 0.25) is 0 Å². The molecule has 1 aromatic rings. The maximum absolute atomic E-state index is 12.0. The Morgan fingerprint density at radius 2 is 1.75 bits per heavy atom. The Balaban J connectivity index is 2.34. The summed E-state index contributed by atoms with van der Waals surface area (Å²) in [6.45, 7) is -2.22. The highest BCUT2D eigenvalue weighted by Crippen LogP contribution is 2.17. The summed E-state index contributed by atoms with van der Waals surface area (Å²) in [7, 11) is 0. The molecule has 0 radical (unpaired) electrons. The molecule has 1 N–H and O–H groups in total. The van der Waals surface area contributed by atoms with Crippen molar-refractivity contribution in [3.63, 3.8) is 0 Å². The average molecular weight is 297 g/mol. The molecule has 114 valence electrons. The zero-order valence-electron chi connectivity index (χ0n) is 10.9. The van der Waals surface area contributed by atoms with Crippen LogP contribution in [0.5, 0.6) is 5.75 Å². The number of hydrogen-bond acceptors (Lipinski definition) is 2. The molecule has 1 aromatic carbocycles. The number of halogens is 5. The number of hydrogen-bond donors (Lipinski definition) is 1. The van der Waals surface area contributed by atoms with E-state index < -0.39 is 19.3 Å². The lowest BCUT2D eigenvalue weighted by Crippen LogP contribution is -2.35. The molecule has 1 unspecified atom stereocenters. The fraction of sp³-hybridized carbons (Fsp3) is 0.538. The largest absolute Gasteiger partial charge is 0.435 e. The van der Waals surface area contributed by atoms with Gasteiger partial charge in [-0.2, -0.15) is 22.0 Å². The number of ether oxygens (including phenoxy) is 1. The summed E-state index contributed by atoms with van der Waals surface area (Å²) in [5, 5.41) is 2.38. The van der Waals surface area contributed by atoms with Crippen LogP contribution in [0.15, 0.2) is 24.3 Å². The second-order valence-corrected chi connectivity index (χ2v) is 4.46. The summed E-state index contributed by atoms with van der Waals surface area (Å²) in [6, 6.07) is 5.78. The quantitative estimate of drug-likeness (QED) is 0.774. The zero-order valence-corrected chi connectivity index (χ0v) is 10.9. The molecule has 7 heteroatoms. The molecule has 0 saturated carbocycles. The fourth-order valence-corrected chi connectivity index (χ4v) is 1.61. The molecule has 20 heavy (non-hydrogen) atoms. The molecule has 0 aliphatic carbocycles. The van der Waals surface area contributed by atoms with Crippen LogP contribution in [0.25, 0.3) is 0 Å². The molecule has 0 saturated heterocycles. The van der Waals surface area contributed by atoms with Gasteiger partial charge in [-0.15, -0.1) is 0 Å². The smallest absolute Gasteiger partial charge is 0.401 e. The first-order chi connectivity index (χ1) is 9.26. The van der Waals surface area contributed by atoms with Crippen LogP contribution in [-0.2, 0) is 6.42 Å². The van der Waals surface area contributed by atoms with Gasteiger partial charge >= 0.3 is 12.8 Å². The molecule has 0 aliphatic rings. The number of alkyl halides is 5. The van der Waals surface area contributed by atoms with E-state index in [1.807, 2.05) is 0 Å². The maximum atomic E-state index is 12.0. The van der Waals surface area contributed by atoms with Gasteiger partial charge in [0.1, 0.15) is 5.75 Å². The van der Waals surface area contributed by atoms with Gasteiger partial charge in [-0.1, -0.05) is 12.1 Å². The van der Waals surface area contributed by atoms with E-state index >= 15 is 0 Å². The molecule has 1 atom stereocenters. The molecule has 1 rings (SSSR count). The summed E-state index contributed by atoms with van der Waals surface area (Å²) >= 11 is 0. The van der Waals surface area contributed by atoms with Crippen LogP contribution in [0, 0.1) is 0 Å². The Morgan fingerprint density at radius 3 is 2.25 bits per heavy atom. The fourth-order valence-electron chi connectivity index (χ4n) is 1.61. The predicted octanol–water partition coefficient (Wildman–Crippen LogP) is 3.76. The molecular formula is C13H16F5NO. The normalized spacial score (nSPS) is 13.6. The SMILES string of the molecule is CC(CCc1ccc(OC(F)F)cc1)NCC(F)(F)F. The number of aryl methyl sites for hydroxylation is 1. The lowest BCUT2D eigenvalue weighted by atomic mass is 10.1. The third kappa shape index (κ3) is 7.28. The van der Waals surface area contributed by atoms with Crippen molar-refractivity contribution in [3.05, 3.63) is 29.8 Å². The minimum atomic E-state index is -4.22. The van der Waals surface area contributed by atoms with Gasteiger partial charge in [0.15, 0.2) is 0 Å². The van der Waals surface area contributed by atoms with Crippen LogP contribution in [0.1, 0.15) is 18.9 Å². The van der Waals surface area contributed by atoms with Crippen molar-refractivity contribution in [1.29, 1.82) is 0 Å². The summed E-state index contributed by atoms with van der Waals surface area (Å²) in [4.78, 5) is 0. The molecule has 0 aliphatic heterocycles. The highest BCUT2D eigenvalue weighted by molar-refractivity contribution is 5.27. The van der Waals surface area contributed by atoms with E-state index in [0.717, 1.165) is 5.56 Å². The van der Waals surface area contributed by atoms with E-state index in [9.17, 15) is 22.0 Å². The summed E-state index contributed by atoms with van der Waals surface area (Å²) < 4.78 is 64.0. The maximum Gasteiger partial charge on any atom is 0.401 e. The van der Waals surface area contributed by atoms with Gasteiger partial charge in [0.25, 0.3) is 0 Å². The van der Waals surface area contributed by atoms with E-state index in [1.54, 1.807) is 19.1 Å². The second kappa shape index (κ2) is 7.42.